The molecule has 0 bridgehead atoms. The fraction of sp³-hybridized carbons (Fsp3) is 1.00. The molecular weight excluding hydrogens is 260 g/mol. The highest BCUT2D eigenvalue weighted by Gasteiger charge is 2.40. The van der Waals surface area contributed by atoms with Crippen LogP contribution in [0.25, 0.3) is 0 Å². The molecule has 1 aliphatic rings. The standard InChI is InChI=1S/C15H30O5/c1-8(2)9(3)7-19-13-6-12(17)10(4)15(20-13)14(18)11(5)16/h8-18H,6-7H2,1-5H3/i5D. The zero-order chi connectivity index (χ0) is 16.2. The zero-order valence-electron chi connectivity index (χ0n) is 13.9. The monoisotopic (exact) mass is 291 g/mol. The minimum absolute atomic E-state index is 0.306. The van der Waals surface area contributed by atoms with Crippen LogP contribution in [0.15, 0.2) is 0 Å². The third-order valence-electron chi connectivity index (χ3n) is 4.28. The van der Waals surface area contributed by atoms with E-state index >= 15 is 0 Å². The van der Waals surface area contributed by atoms with Crippen molar-refractivity contribution in [3.8, 4) is 0 Å². The Bertz CT molecular complexity index is 302. The van der Waals surface area contributed by atoms with Crippen LogP contribution >= 0.6 is 0 Å². The Morgan fingerprint density at radius 3 is 2.55 bits per heavy atom. The molecular formula is C15H30O5. The van der Waals surface area contributed by atoms with E-state index in [1.54, 1.807) is 6.92 Å². The van der Waals surface area contributed by atoms with Gasteiger partial charge in [0.15, 0.2) is 6.29 Å². The Morgan fingerprint density at radius 2 is 2.00 bits per heavy atom. The molecule has 1 rings (SSSR count). The van der Waals surface area contributed by atoms with Gasteiger partial charge in [-0.15, -0.1) is 0 Å². The van der Waals surface area contributed by atoms with E-state index in [1.807, 2.05) is 0 Å². The molecule has 0 radical (unpaired) electrons. The van der Waals surface area contributed by atoms with Gasteiger partial charge in [-0.05, 0) is 18.7 Å². The van der Waals surface area contributed by atoms with Gasteiger partial charge >= 0.3 is 0 Å². The van der Waals surface area contributed by atoms with Gasteiger partial charge in [-0.25, -0.2) is 0 Å². The molecule has 1 aliphatic heterocycles. The van der Waals surface area contributed by atoms with Crippen molar-refractivity contribution in [1.29, 1.82) is 0 Å². The summed E-state index contributed by atoms with van der Waals surface area (Å²) in [5.74, 6) is 0.542. The van der Waals surface area contributed by atoms with E-state index in [4.69, 9.17) is 10.8 Å². The summed E-state index contributed by atoms with van der Waals surface area (Å²) in [5, 5.41) is 29.8. The molecule has 5 heteroatoms. The Labute approximate surface area is 123 Å². The Balaban J connectivity index is 2.61. The molecule has 0 aromatic carbocycles. The average molecular weight is 291 g/mol. The summed E-state index contributed by atoms with van der Waals surface area (Å²) in [6, 6.07) is 0. The van der Waals surface area contributed by atoms with E-state index in [2.05, 4.69) is 20.8 Å². The zero-order valence-corrected chi connectivity index (χ0v) is 12.9. The first-order valence-corrected chi connectivity index (χ1v) is 7.38. The predicted octanol–water partition coefficient (Wildman–Crippen LogP) is 1.15. The van der Waals surface area contributed by atoms with Gasteiger partial charge in [0.1, 0.15) is 6.10 Å². The second-order valence-electron chi connectivity index (χ2n) is 6.30. The van der Waals surface area contributed by atoms with Crippen molar-refractivity contribution in [3.63, 3.8) is 0 Å². The highest BCUT2D eigenvalue weighted by atomic mass is 16.7. The number of hydrogen-bond acceptors (Lipinski definition) is 5. The van der Waals surface area contributed by atoms with Crippen LogP contribution < -0.4 is 0 Å². The van der Waals surface area contributed by atoms with Crippen molar-refractivity contribution in [2.24, 2.45) is 17.8 Å². The van der Waals surface area contributed by atoms with Crippen LogP contribution in [0, 0.1) is 17.8 Å². The van der Waals surface area contributed by atoms with Crippen LogP contribution in [0.2, 0.25) is 0 Å². The maximum absolute atomic E-state index is 10.1. The quantitative estimate of drug-likeness (QED) is 0.684. The molecule has 20 heavy (non-hydrogen) atoms. The molecule has 0 aliphatic carbocycles. The molecule has 7 atom stereocenters. The van der Waals surface area contributed by atoms with Crippen molar-refractivity contribution in [2.75, 3.05) is 6.61 Å². The average Bonchev–Trinajstić information content (AvgIpc) is 2.46. The lowest BCUT2D eigenvalue weighted by Gasteiger charge is -2.41. The van der Waals surface area contributed by atoms with Gasteiger partial charge in [-0.3, -0.25) is 0 Å². The van der Waals surface area contributed by atoms with Gasteiger partial charge < -0.3 is 24.8 Å². The first-order valence-electron chi connectivity index (χ1n) is 8.09. The minimum atomic E-state index is -1.19. The van der Waals surface area contributed by atoms with Crippen molar-refractivity contribution in [1.82, 2.24) is 0 Å². The fourth-order valence-corrected chi connectivity index (χ4v) is 2.15. The maximum Gasteiger partial charge on any atom is 0.160 e. The summed E-state index contributed by atoms with van der Waals surface area (Å²) in [4.78, 5) is 0. The largest absolute Gasteiger partial charge is 0.393 e. The first kappa shape index (κ1) is 16.2. The lowest BCUT2D eigenvalue weighted by atomic mass is 9.88. The van der Waals surface area contributed by atoms with Crippen molar-refractivity contribution < 1.29 is 26.2 Å². The summed E-state index contributed by atoms with van der Waals surface area (Å²) < 4.78 is 18.6. The summed E-state index contributed by atoms with van der Waals surface area (Å²) in [6.07, 6.45) is -4.00. The third kappa shape index (κ3) is 4.67. The summed E-state index contributed by atoms with van der Waals surface area (Å²) in [5.41, 5.74) is 0. The van der Waals surface area contributed by atoms with E-state index in [1.165, 1.54) is 0 Å². The molecule has 0 amide bonds. The lowest BCUT2D eigenvalue weighted by Crippen LogP contribution is -2.52. The van der Waals surface area contributed by atoms with Crippen LogP contribution in [-0.2, 0) is 9.47 Å². The molecule has 120 valence electrons. The van der Waals surface area contributed by atoms with E-state index in [-0.39, 0.29) is 12.8 Å². The molecule has 1 heterocycles. The first-order chi connectivity index (χ1) is 9.77. The predicted molar refractivity (Wildman–Crippen MR) is 76.1 cm³/mol. The van der Waals surface area contributed by atoms with Gasteiger partial charge in [0.2, 0.25) is 0 Å². The van der Waals surface area contributed by atoms with E-state index in [9.17, 15) is 15.3 Å². The van der Waals surface area contributed by atoms with Crippen LogP contribution in [-0.4, -0.2) is 52.6 Å². The smallest absolute Gasteiger partial charge is 0.160 e. The Kier molecular flexibility index (Phi) is 6.23. The summed E-state index contributed by atoms with van der Waals surface area (Å²) in [6.45, 7) is 8.30. The van der Waals surface area contributed by atoms with Gasteiger partial charge in [0.25, 0.3) is 0 Å². The lowest BCUT2D eigenvalue weighted by molar-refractivity contribution is -0.263. The van der Waals surface area contributed by atoms with Crippen LogP contribution in [0.1, 0.15) is 42.4 Å². The molecule has 1 saturated heterocycles. The fourth-order valence-electron chi connectivity index (χ4n) is 2.15. The molecule has 1 fully saturated rings. The summed E-state index contributed by atoms with van der Waals surface area (Å²) in [7, 11) is 0. The second kappa shape index (κ2) is 7.71. The van der Waals surface area contributed by atoms with Crippen molar-refractivity contribution in [2.45, 2.75) is 71.7 Å². The summed E-state index contributed by atoms with van der Waals surface area (Å²) >= 11 is 0. The molecule has 0 aromatic heterocycles. The SMILES string of the molecule is [2H]CC(O)C(O)C1OC(OCC(C)C(C)C)CC(O)C1C. The molecule has 0 spiro atoms. The molecule has 0 aromatic rings. The van der Waals surface area contributed by atoms with Gasteiger partial charge in [-0.2, -0.15) is 0 Å². The molecule has 0 saturated carbocycles. The Hall–Kier alpha value is -0.200. The topological polar surface area (TPSA) is 79.2 Å². The van der Waals surface area contributed by atoms with Crippen LogP contribution in [0.3, 0.4) is 0 Å². The number of hydrogen-bond donors (Lipinski definition) is 3. The number of aliphatic hydroxyl groups is 3. The highest BCUT2D eigenvalue weighted by Crippen LogP contribution is 2.29. The van der Waals surface area contributed by atoms with E-state index in [0.717, 1.165) is 0 Å². The Morgan fingerprint density at radius 1 is 1.35 bits per heavy atom. The van der Waals surface area contributed by atoms with Crippen LogP contribution in [0.5, 0.6) is 0 Å². The number of rotatable bonds is 6. The van der Waals surface area contributed by atoms with Crippen LogP contribution in [0.4, 0.5) is 0 Å². The van der Waals surface area contributed by atoms with Crippen molar-refractivity contribution in [3.05, 3.63) is 0 Å². The van der Waals surface area contributed by atoms with Gasteiger partial charge in [0.05, 0.1) is 24.9 Å². The normalized spacial score (nSPS) is 36.5. The maximum atomic E-state index is 10.1. The molecule has 3 N–H and O–H groups in total. The highest BCUT2D eigenvalue weighted by molar-refractivity contribution is 4.87. The van der Waals surface area contributed by atoms with Crippen molar-refractivity contribution >= 4 is 0 Å². The van der Waals surface area contributed by atoms with Gasteiger partial charge in [-0.1, -0.05) is 27.7 Å². The minimum Gasteiger partial charge on any atom is -0.393 e. The van der Waals surface area contributed by atoms with E-state index < -0.39 is 30.7 Å². The van der Waals surface area contributed by atoms with Gasteiger partial charge in [0, 0.05) is 13.7 Å². The van der Waals surface area contributed by atoms with E-state index in [0.29, 0.717) is 24.9 Å². The number of aliphatic hydroxyl groups excluding tert-OH is 3. The molecule has 5 nitrogen and oxygen atoms in total. The third-order valence-corrected chi connectivity index (χ3v) is 4.28. The second-order valence-corrected chi connectivity index (χ2v) is 6.30. The number of ether oxygens (including phenoxy) is 2. The molecule has 7 unspecified atom stereocenters.